The fourth-order valence-corrected chi connectivity index (χ4v) is 1.54. The number of hydrogen-bond acceptors (Lipinski definition) is 3. The summed E-state index contributed by atoms with van der Waals surface area (Å²) < 4.78 is 0.460. The Morgan fingerprint density at radius 2 is 2.25 bits per heavy atom. The van der Waals surface area contributed by atoms with Gasteiger partial charge >= 0.3 is 5.97 Å². The highest BCUT2D eigenvalue weighted by Gasteiger charge is 2.15. The average molecular weight is 287 g/mol. The molecule has 86 valence electrons. The van der Waals surface area contributed by atoms with Crippen molar-refractivity contribution in [2.24, 2.45) is 0 Å². The molecule has 0 aliphatic rings. The molecule has 0 spiro atoms. The minimum Gasteiger partial charge on any atom is -0.481 e. The van der Waals surface area contributed by atoms with Gasteiger partial charge in [-0.15, -0.1) is 0 Å². The predicted molar refractivity (Wildman–Crippen MR) is 61.2 cm³/mol. The number of pyridine rings is 1. The number of nitrogens with zero attached hydrogens (tertiary/aromatic N) is 2. The molecule has 0 radical (unpaired) electrons. The Morgan fingerprint density at radius 3 is 2.81 bits per heavy atom. The van der Waals surface area contributed by atoms with Crippen molar-refractivity contribution in [1.29, 1.82) is 0 Å². The van der Waals surface area contributed by atoms with Crippen LogP contribution in [0.4, 0.5) is 0 Å². The van der Waals surface area contributed by atoms with Gasteiger partial charge < -0.3 is 10.0 Å². The molecule has 0 aliphatic heterocycles. The summed E-state index contributed by atoms with van der Waals surface area (Å²) in [7, 11) is 1.56. The normalized spacial score (nSPS) is 9.88. The smallest absolute Gasteiger partial charge is 0.305 e. The second-order valence-electron chi connectivity index (χ2n) is 3.21. The number of rotatable bonds is 4. The molecule has 6 heteroatoms. The van der Waals surface area contributed by atoms with Gasteiger partial charge in [0, 0.05) is 19.8 Å². The lowest BCUT2D eigenvalue weighted by molar-refractivity contribution is -0.137. The molecule has 0 saturated heterocycles. The molecule has 1 rings (SSSR count). The average Bonchev–Trinajstić information content (AvgIpc) is 2.25. The number of hydrogen-bond donors (Lipinski definition) is 1. The molecule has 1 amide bonds. The summed E-state index contributed by atoms with van der Waals surface area (Å²) in [6.07, 6.45) is 1.50. The van der Waals surface area contributed by atoms with Gasteiger partial charge in [0.25, 0.3) is 5.91 Å². The standard InChI is InChI=1S/C10H11BrN2O3/c1-13(6-4-8(14)15)10(16)7-3-2-5-12-9(7)11/h2-3,5H,4,6H2,1H3,(H,14,15). The third-order valence-corrected chi connectivity index (χ3v) is 2.63. The molecule has 0 unspecified atom stereocenters. The second-order valence-corrected chi connectivity index (χ2v) is 3.96. The highest BCUT2D eigenvalue weighted by atomic mass is 79.9. The van der Waals surface area contributed by atoms with Crippen LogP contribution in [0, 0.1) is 0 Å². The number of amides is 1. The number of aliphatic carboxylic acids is 1. The number of carboxylic acids is 1. The number of carbonyl (C=O) groups is 2. The van der Waals surface area contributed by atoms with Gasteiger partial charge in [-0.05, 0) is 28.1 Å². The first-order valence-electron chi connectivity index (χ1n) is 4.60. The van der Waals surface area contributed by atoms with Crippen molar-refractivity contribution in [3.63, 3.8) is 0 Å². The second kappa shape index (κ2) is 5.60. The molecule has 0 atom stereocenters. The first-order valence-corrected chi connectivity index (χ1v) is 5.39. The van der Waals surface area contributed by atoms with Crippen LogP contribution in [0.25, 0.3) is 0 Å². The summed E-state index contributed by atoms with van der Waals surface area (Å²) in [5, 5.41) is 8.51. The fourth-order valence-electron chi connectivity index (χ4n) is 1.12. The van der Waals surface area contributed by atoms with E-state index in [2.05, 4.69) is 20.9 Å². The van der Waals surface area contributed by atoms with Crippen LogP contribution in [0.1, 0.15) is 16.8 Å². The van der Waals surface area contributed by atoms with E-state index in [-0.39, 0.29) is 18.9 Å². The highest BCUT2D eigenvalue weighted by molar-refractivity contribution is 9.10. The van der Waals surface area contributed by atoms with Gasteiger partial charge in [0.1, 0.15) is 4.60 Å². The zero-order valence-electron chi connectivity index (χ0n) is 8.68. The van der Waals surface area contributed by atoms with E-state index in [4.69, 9.17) is 5.11 Å². The highest BCUT2D eigenvalue weighted by Crippen LogP contribution is 2.14. The lowest BCUT2D eigenvalue weighted by Gasteiger charge is -2.16. The van der Waals surface area contributed by atoms with E-state index >= 15 is 0 Å². The van der Waals surface area contributed by atoms with Crippen molar-refractivity contribution in [3.05, 3.63) is 28.5 Å². The van der Waals surface area contributed by atoms with Gasteiger partial charge in [0.05, 0.1) is 12.0 Å². The minimum atomic E-state index is -0.926. The predicted octanol–water partition coefficient (Wildman–Crippen LogP) is 1.39. The van der Waals surface area contributed by atoms with Crippen LogP contribution in [0.2, 0.25) is 0 Å². The molecule has 0 fully saturated rings. The van der Waals surface area contributed by atoms with E-state index in [1.165, 1.54) is 4.90 Å². The maximum absolute atomic E-state index is 11.8. The topological polar surface area (TPSA) is 70.5 Å². The first kappa shape index (κ1) is 12.6. The molecule has 1 aromatic heterocycles. The lowest BCUT2D eigenvalue weighted by Crippen LogP contribution is -2.29. The molecular formula is C10H11BrN2O3. The van der Waals surface area contributed by atoms with Crippen LogP contribution in [0.5, 0.6) is 0 Å². The summed E-state index contributed by atoms with van der Waals surface area (Å²) in [6.45, 7) is 0.176. The summed E-state index contributed by atoms with van der Waals surface area (Å²) in [6, 6.07) is 3.29. The number of carboxylic acid groups (broad SMARTS) is 1. The SMILES string of the molecule is CN(CCC(=O)O)C(=O)c1cccnc1Br. The van der Waals surface area contributed by atoms with Crippen LogP contribution in [0.3, 0.4) is 0 Å². The number of aromatic nitrogens is 1. The zero-order valence-corrected chi connectivity index (χ0v) is 10.3. The van der Waals surface area contributed by atoms with Crippen LogP contribution < -0.4 is 0 Å². The number of carbonyl (C=O) groups excluding carboxylic acids is 1. The molecule has 16 heavy (non-hydrogen) atoms. The molecule has 1 aromatic rings. The molecule has 0 bridgehead atoms. The summed E-state index contributed by atoms with van der Waals surface area (Å²) in [4.78, 5) is 27.5. The van der Waals surface area contributed by atoms with Crippen LogP contribution in [-0.4, -0.2) is 40.5 Å². The van der Waals surface area contributed by atoms with Crippen molar-refractivity contribution in [2.45, 2.75) is 6.42 Å². The van der Waals surface area contributed by atoms with E-state index in [1.54, 1.807) is 25.4 Å². The molecule has 0 aliphatic carbocycles. The summed E-state index contributed by atoms with van der Waals surface area (Å²) in [5.74, 6) is -1.17. The van der Waals surface area contributed by atoms with Gasteiger partial charge in [-0.3, -0.25) is 9.59 Å². The van der Waals surface area contributed by atoms with Gasteiger partial charge in [0.2, 0.25) is 0 Å². The molecule has 0 aromatic carbocycles. The maximum atomic E-state index is 11.8. The number of halogens is 1. The lowest BCUT2D eigenvalue weighted by atomic mass is 10.2. The van der Waals surface area contributed by atoms with Crippen LogP contribution >= 0.6 is 15.9 Å². The third kappa shape index (κ3) is 3.30. The Hall–Kier alpha value is -1.43. The van der Waals surface area contributed by atoms with E-state index in [1.807, 2.05) is 0 Å². The van der Waals surface area contributed by atoms with Crippen molar-refractivity contribution >= 4 is 27.8 Å². The van der Waals surface area contributed by atoms with Gasteiger partial charge in [-0.25, -0.2) is 4.98 Å². The van der Waals surface area contributed by atoms with Crippen molar-refractivity contribution < 1.29 is 14.7 Å². The molecule has 0 saturated carbocycles. The van der Waals surface area contributed by atoms with Crippen molar-refractivity contribution in [1.82, 2.24) is 9.88 Å². The monoisotopic (exact) mass is 286 g/mol. The quantitative estimate of drug-likeness (QED) is 0.849. The van der Waals surface area contributed by atoms with Crippen LogP contribution in [0.15, 0.2) is 22.9 Å². The third-order valence-electron chi connectivity index (χ3n) is 2.00. The van der Waals surface area contributed by atoms with E-state index in [9.17, 15) is 9.59 Å². The van der Waals surface area contributed by atoms with Gasteiger partial charge in [-0.1, -0.05) is 0 Å². The Morgan fingerprint density at radius 1 is 1.56 bits per heavy atom. The van der Waals surface area contributed by atoms with E-state index in [0.717, 1.165) is 0 Å². The van der Waals surface area contributed by atoms with E-state index in [0.29, 0.717) is 10.2 Å². The molecule has 1 heterocycles. The molecule has 1 N–H and O–H groups in total. The summed E-state index contributed by atoms with van der Waals surface area (Å²) >= 11 is 3.17. The van der Waals surface area contributed by atoms with Crippen molar-refractivity contribution in [3.8, 4) is 0 Å². The molecule has 5 nitrogen and oxygen atoms in total. The fraction of sp³-hybridized carbons (Fsp3) is 0.300. The van der Waals surface area contributed by atoms with Gasteiger partial charge in [0.15, 0.2) is 0 Å². The first-order chi connectivity index (χ1) is 7.52. The minimum absolute atomic E-state index is 0.0693. The Balaban J connectivity index is 2.71. The molecular weight excluding hydrogens is 276 g/mol. The largest absolute Gasteiger partial charge is 0.481 e. The Bertz CT molecular complexity index is 409. The van der Waals surface area contributed by atoms with Gasteiger partial charge in [-0.2, -0.15) is 0 Å². The maximum Gasteiger partial charge on any atom is 0.305 e. The van der Waals surface area contributed by atoms with Crippen molar-refractivity contribution in [2.75, 3.05) is 13.6 Å². The summed E-state index contributed by atoms with van der Waals surface area (Å²) in [5.41, 5.74) is 0.426. The Kier molecular flexibility index (Phi) is 4.42. The Labute approximate surface area is 101 Å². The zero-order chi connectivity index (χ0) is 12.1. The van der Waals surface area contributed by atoms with Crippen LogP contribution in [-0.2, 0) is 4.79 Å². The van der Waals surface area contributed by atoms with E-state index < -0.39 is 5.97 Å².